The number of carboxylic acids is 1. The number of ether oxygens (including phenoxy) is 6. The first-order chi connectivity index (χ1) is 31.0. The molecule has 2 saturated heterocycles. The van der Waals surface area contributed by atoms with Crippen molar-refractivity contribution in [2.45, 2.75) is 200 Å². The van der Waals surface area contributed by atoms with Gasteiger partial charge in [0, 0.05) is 17.8 Å². The maximum atomic E-state index is 13.2. The first-order valence-electron chi connectivity index (χ1n) is 23.9. The molecule has 0 aromatic heterocycles. The second kappa shape index (κ2) is 18.0. The van der Waals surface area contributed by atoms with E-state index in [4.69, 9.17) is 28.4 Å². The standard InChI is InChI=1S/C48H76O19/c1-20(2)40(61)67-37-38(62-21(3)51)48(19-50)23(17-43(37,4)5)22-11-12-26-45(8)15-14-27(44(6,7)25(45)13-16-46(26,9)47(22,10)35(57)36(48)58)64-42-34(31(55)30(54)33(65-42)39(59)60)66-41-32(56)29(53)28(52)24(18-49)63-41/h11,20,23-38,41-42,49-50,52-58H,12-19H2,1-10H3,(H,59,60)/t23-,24-,25-,26-,27+,28-,29+,30+,31+,32-,33+,34-,35+,36-,37+,38+,41+,42-,45+,46-,47+,48+/m1/s1. The monoisotopic (exact) mass is 956 g/mol. The molecule has 10 N–H and O–H groups in total. The molecule has 6 fully saturated rings. The zero-order valence-electron chi connectivity index (χ0n) is 40.4. The minimum Gasteiger partial charge on any atom is -0.479 e. The number of carbonyl (C=O) groups excluding carboxylic acids is 2. The molecule has 0 spiro atoms. The van der Waals surface area contributed by atoms with Crippen molar-refractivity contribution >= 4 is 17.9 Å². The number of hydrogen-bond donors (Lipinski definition) is 10. The minimum atomic E-state index is -2.01. The van der Waals surface area contributed by atoms with Gasteiger partial charge in [-0.1, -0.05) is 74.0 Å². The zero-order valence-corrected chi connectivity index (χ0v) is 40.4. The molecule has 19 heteroatoms. The number of aliphatic hydroxyl groups excluding tert-OH is 9. The van der Waals surface area contributed by atoms with Gasteiger partial charge in [0.05, 0.1) is 42.9 Å². The number of aliphatic hydroxyl groups is 9. The Hall–Kier alpha value is -2.37. The van der Waals surface area contributed by atoms with E-state index in [1.807, 2.05) is 34.6 Å². The van der Waals surface area contributed by atoms with Gasteiger partial charge in [0.2, 0.25) is 0 Å². The van der Waals surface area contributed by atoms with Crippen LogP contribution in [0.25, 0.3) is 0 Å². The number of allylic oxidation sites excluding steroid dienone is 1. The number of esters is 2. The minimum absolute atomic E-state index is 0.0601. The van der Waals surface area contributed by atoms with Gasteiger partial charge in [-0.05, 0) is 72.5 Å². The van der Waals surface area contributed by atoms with E-state index in [2.05, 4.69) is 19.9 Å². The molecular formula is C48H76O19. The van der Waals surface area contributed by atoms with Crippen molar-refractivity contribution in [3.05, 3.63) is 11.6 Å². The fourth-order valence-electron chi connectivity index (χ4n) is 14.7. The van der Waals surface area contributed by atoms with Gasteiger partial charge in [0.1, 0.15) is 48.8 Å². The van der Waals surface area contributed by atoms with Crippen molar-refractivity contribution in [2.75, 3.05) is 13.2 Å². The highest BCUT2D eigenvalue weighted by Gasteiger charge is 2.76. The Morgan fingerprint density at radius 1 is 0.761 bits per heavy atom. The molecule has 5 aliphatic carbocycles. The summed E-state index contributed by atoms with van der Waals surface area (Å²) in [6.45, 7) is 17.5. The normalized spacial score (nSPS) is 50.1. The lowest BCUT2D eigenvalue weighted by molar-refractivity contribution is -0.374. The lowest BCUT2D eigenvalue weighted by atomic mass is 9.32. The molecule has 4 saturated carbocycles. The molecule has 382 valence electrons. The molecule has 0 aromatic carbocycles. The third-order valence-electron chi connectivity index (χ3n) is 18.6. The summed E-state index contributed by atoms with van der Waals surface area (Å²) in [5, 5.41) is 111. The van der Waals surface area contributed by atoms with Crippen molar-refractivity contribution in [1.29, 1.82) is 0 Å². The van der Waals surface area contributed by atoms with Crippen molar-refractivity contribution in [2.24, 2.45) is 56.2 Å². The highest BCUT2D eigenvalue weighted by Crippen LogP contribution is 2.76. The lowest BCUT2D eigenvalue weighted by Gasteiger charge is -2.73. The highest BCUT2D eigenvalue weighted by molar-refractivity contribution is 5.73. The van der Waals surface area contributed by atoms with Crippen molar-refractivity contribution < 1.29 is 93.9 Å². The Morgan fingerprint density at radius 2 is 1.42 bits per heavy atom. The number of carbonyl (C=O) groups is 3. The number of aliphatic carboxylic acids is 1. The molecule has 7 rings (SSSR count). The van der Waals surface area contributed by atoms with Gasteiger partial charge in [-0.3, -0.25) is 9.59 Å². The van der Waals surface area contributed by atoms with Crippen LogP contribution in [-0.4, -0.2) is 174 Å². The van der Waals surface area contributed by atoms with E-state index in [1.165, 1.54) is 6.92 Å². The summed E-state index contributed by atoms with van der Waals surface area (Å²) in [5.74, 6) is -4.01. The molecule has 22 atom stereocenters. The quantitative estimate of drug-likeness (QED) is 0.0812. The Kier molecular flexibility index (Phi) is 14.1. The third-order valence-corrected chi connectivity index (χ3v) is 18.6. The van der Waals surface area contributed by atoms with E-state index in [1.54, 1.807) is 13.8 Å². The Morgan fingerprint density at radius 3 is 2.00 bits per heavy atom. The number of hydrogen-bond acceptors (Lipinski definition) is 18. The smallest absolute Gasteiger partial charge is 0.335 e. The average molecular weight is 957 g/mol. The summed E-state index contributed by atoms with van der Waals surface area (Å²) in [4.78, 5) is 38.3. The largest absolute Gasteiger partial charge is 0.479 e. The topological polar surface area (TPSA) is 309 Å². The number of rotatable bonds is 10. The molecular weight excluding hydrogens is 881 g/mol. The molecule has 0 radical (unpaired) electrons. The van der Waals surface area contributed by atoms with Crippen LogP contribution in [0.2, 0.25) is 0 Å². The predicted octanol–water partition coefficient (Wildman–Crippen LogP) is 0.543. The fourth-order valence-corrected chi connectivity index (χ4v) is 14.7. The van der Waals surface area contributed by atoms with E-state index in [0.29, 0.717) is 38.5 Å². The van der Waals surface area contributed by atoms with Crippen LogP contribution in [0.1, 0.15) is 108 Å². The van der Waals surface area contributed by atoms with Gasteiger partial charge in [0.15, 0.2) is 24.8 Å². The molecule has 0 aromatic rings. The molecule has 0 amide bonds. The molecule has 2 heterocycles. The Bertz CT molecular complexity index is 1900. The van der Waals surface area contributed by atoms with Crippen LogP contribution >= 0.6 is 0 Å². The SMILES string of the molecule is CC(=O)O[C@H]1[C@H](OC(=O)C(C)C)C(C)(C)C[C@@H]2C3=CC[C@@H]4[C@@]5(C)CC[C@H](O[C@@H]6O[C@H](C(=O)O)[C@@H](O)[C@H](O)[C@H]6O[C@@H]6O[C@H](CO)[C@@H](O)[C@H](O)[C@H]6O)C(C)(C)[C@H]5CC[C@@]4(C)[C@]3(C)[C@@H](O)[C@@H](O)[C@]21CO. The first kappa shape index (κ1) is 52.5. The van der Waals surface area contributed by atoms with Gasteiger partial charge in [-0.15, -0.1) is 0 Å². The maximum Gasteiger partial charge on any atom is 0.335 e. The zero-order chi connectivity index (χ0) is 49.9. The molecule has 2 aliphatic heterocycles. The molecule has 0 unspecified atom stereocenters. The van der Waals surface area contributed by atoms with Gasteiger partial charge >= 0.3 is 17.9 Å². The van der Waals surface area contributed by atoms with Crippen molar-refractivity contribution in [1.82, 2.24) is 0 Å². The number of fused-ring (bicyclic) bond motifs is 7. The average Bonchev–Trinajstić information content (AvgIpc) is 3.24. The van der Waals surface area contributed by atoms with Gasteiger partial charge in [-0.2, -0.15) is 0 Å². The van der Waals surface area contributed by atoms with Crippen LogP contribution in [0.4, 0.5) is 0 Å². The molecule has 67 heavy (non-hydrogen) atoms. The van der Waals surface area contributed by atoms with E-state index >= 15 is 0 Å². The second-order valence-electron chi connectivity index (χ2n) is 23.1. The van der Waals surface area contributed by atoms with Gasteiger partial charge in [0.25, 0.3) is 0 Å². The van der Waals surface area contributed by atoms with E-state index < -0.39 is 167 Å². The Labute approximate surface area is 391 Å². The molecule has 0 bridgehead atoms. The summed E-state index contributed by atoms with van der Waals surface area (Å²) < 4.78 is 36.0. The second-order valence-corrected chi connectivity index (χ2v) is 23.1. The van der Waals surface area contributed by atoms with Crippen LogP contribution in [0.15, 0.2) is 11.6 Å². The van der Waals surface area contributed by atoms with Crippen molar-refractivity contribution in [3.63, 3.8) is 0 Å². The Balaban J connectivity index is 1.21. The van der Waals surface area contributed by atoms with Gasteiger partial charge < -0.3 is 79.5 Å². The third kappa shape index (κ3) is 7.84. The summed E-state index contributed by atoms with van der Waals surface area (Å²) in [7, 11) is 0. The summed E-state index contributed by atoms with van der Waals surface area (Å²) >= 11 is 0. The number of carboxylic acid groups (broad SMARTS) is 1. The maximum absolute atomic E-state index is 13.2. The molecule has 19 nitrogen and oxygen atoms in total. The van der Waals surface area contributed by atoms with E-state index in [9.17, 15) is 65.4 Å². The van der Waals surface area contributed by atoms with E-state index in [-0.39, 0.29) is 11.8 Å². The van der Waals surface area contributed by atoms with Crippen LogP contribution in [0.5, 0.6) is 0 Å². The lowest BCUT2D eigenvalue weighted by Crippen LogP contribution is -2.76. The van der Waals surface area contributed by atoms with Gasteiger partial charge in [-0.25, -0.2) is 4.79 Å². The first-order valence-corrected chi connectivity index (χ1v) is 23.9. The van der Waals surface area contributed by atoms with Crippen LogP contribution in [-0.2, 0) is 42.8 Å². The fraction of sp³-hybridized carbons (Fsp3) is 0.896. The van der Waals surface area contributed by atoms with Crippen LogP contribution in [0.3, 0.4) is 0 Å². The summed E-state index contributed by atoms with van der Waals surface area (Å²) in [5.41, 5.74) is -4.34. The predicted molar refractivity (Wildman–Crippen MR) is 232 cm³/mol. The van der Waals surface area contributed by atoms with E-state index in [0.717, 1.165) is 5.57 Å². The highest BCUT2D eigenvalue weighted by atomic mass is 16.8. The molecule has 7 aliphatic rings. The van der Waals surface area contributed by atoms with Crippen LogP contribution in [0, 0.1) is 56.2 Å². The van der Waals surface area contributed by atoms with Crippen molar-refractivity contribution in [3.8, 4) is 0 Å². The summed E-state index contributed by atoms with van der Waals surface area (Å²) in [6, 6.07) is 0. The van der Waals surface area contributed by atoms with Crippen LogP contribution < -0.4 is 0 Å². The summed E-state index contributed by atoms with van der Waals surface area (Å²) in [6.07, 6.45) is -18.6.